The highest BCUT2D eigenvalue weighted by Crippen LogP contribution is 2.16. The number of aryl methyl sites for hydroxylation is 1. The first-order valence-electron chi connectivity index (χ1n) is 6.83. The van der Waals surface area contributed by atoms with Crippen molar-refractivity contribution in [2.24, 2.45) is 7.05 Å². The molecule has 0 amide bonds. The topological polar surface area (TPSA) is 47.7 Å². The van der Waals surface area contributed by atoms with E-state index in [1.807, 2.05) is 42.3 Å². The molecule has 0 fully saturated rings. The average molecular weight is 269 g/mol. The van der Waals surface area contributed by atoms with E-state index in [2.05, 4.69) is 39.9 Å². The van der Waals surface area contributed by atoms with Crippen molar-refractivity contribution in [1.82, 2.24) is 19.3 Å². The van der Waals surface area contributed by atoms with E-state index in [1.54, 1.807) is 0 Å². The normalized spacial score (nSPS) is 11.4. The van der Waals surface area contributed by atoms with Gasteiger partial charge < -0.3 is 9.88 Å². The summed E-state index contributed by atoms with van der Waals surface area (Å²) in [5.41, 5.74) is 3.21. The van der Waals surface area contributed by atoms with Crippen LogP contribution < -0.4 is 5.32 Å². The van der Waals surface area contributed by atoms with Gasteiger partial charge in [0.25, 0.3) is 0 Å². The number of imidazole rings is 1. The van der Waals surface area contributed by atoms with Gasteiger partial charge in [0.15, 0.2) is 0 Å². The highest BCUT2D eigenvalue weighted by atomic mass is 15.3. The van der Waals surface area contributed by atoms with Crippen molar-refractivity contribution in [2.75, 3.05) is 5.32 Å². The molecule has 0 aliphatic carbocycles. The van der Waals surface area contributed by atoms with Gasteiger partial charge in [0.2, 0.25) is 0 Å². The van der Waals surface area contributed by atoms with E-state index in [-0.39, 0.29) is 0 Å². The third kappa shape index (κ3) is 2.27. The number of fused-ring (bicyclic) bond motifs is 1. The fourth-order valence-corrected chi connectivity index (χ4v) is 2.25. The summed E-state index contributed by atoms with van der Waals surface area (Å²) in [6.45, 7) is 4.92. The van der Waals surface area contributed by atoms with Crippen LogP contribution in [-0.4, -0.2) is 19.3 Å². The maximum atomic E-state index is 4.64. The monoisotopic (exact) mass is 269 g/mol. The molecular weight excluding hydrogens is 250 g/mol. The second kappa shape index (κ2) is 5.00. The maximum absolute atomic E-state index is 4.64. The molecule has 2 heterocycles. The minimum Gasteiger partial charge on any atom is -0.375 e. The van der Waals surface area contributed by atoms with Crippen LogP contribution in [0.15, 0.2) is 36.7 Å². The van der Waals surface area contributed by atoms with Crippen molar-refractivity contribution in [2.45, 2.75) is 26.4 Å². The summed E-state index contributed by atoms with van der Waals surface area (Å²) in [6.07, 6.45) is 3.87. The molecule has 0 atom stereocenters. The third-order valence-corrected chi connectivity index (χ3v) is 3.46. The Morgan fingerprint density at radius 1 is 1.25 bits per heavy atom. The molecular formula is C15H19N5. The minimum atomic E-state index is 0.376. The molecule has 0 radical (unpaired) electrons. The summed E-state index contributed by atoms with van der Waals surface area (Å²) in [5, 5.41) is 7.69. The van der Waals surface area contributed by atoms with Crippen LogP contribution in [0.2, 0.25) is 0 Å². The van der Waals surface area contributed by atoms with Crippen molar-refractivity contribution in [3.05, 3.63) is 42.5 Å². The zero-order valence-corrected chi connectivity index (χ0v) is 12.0. The van der Waals surface area contributed by atoms with Crippen molar-refractivity contribution in [1.29, 1.82) is 0 Å². The molecule has 1 aromatic carbocycles. The van der Waals surface area contributed by atoms with Gasteiger partial charge in [0, 0.05) is 19.3 Å². The lowest BCUT2D eigenvalue weighted by Crippen LogP contribution is -2.05. The van der Waals surface area contributed by atoms with Gasteiger partial charge in [-0.1, -0.05) is 12.1 Å². The second-order valence-electron chi connectivity index (χ2n) is 5.23. The van der Waals surface area contributed by atoms with Crippen LogP contribution in [0, 0.1) is 0 Å². The minimum absolute atomic E-state index is 0.376. The van der Waals surface area contributed by atoms with Gasteiger partial charge in [0.05, 0.1) is 29.5 Å². The SMILES string of the molecule is CC(C)n1cc(NCc2nc3ccccc3n2C)cn1. The summed E-state index contributed by atoms with van der Waals surface area (Å²) in [4.78, 5) is 4.64. The molecule has 0 spiro atoms. The highest BCUT2D eigenvalue weighted by Gasteiger charge is 2.07. The van der Waals surface area contributed by atoms with Gasteiger partial charge in [-0.3, -0.25) is 4.68 Å². The largest absolute Gasteiger partial charge is 0.375 e. The molecule has 5 heteroatoms. The quantitative estimate of drug-likeness (QED) is 0.792. The Bertz CT molecular complexity index is 723. The van der Waals surface area contributed by atoms with Gasteiger partial charge in [-0.25, -0.2) is 4.98 Å². The Balaban J connectivity index is 1.77. The number of aromatic nitrogens is 4. The lowest BCUT2D eigenvalue weighted by Gasteiger charge is -2.05. The third-order valence-electron chi connectivity index (χ3n) is 3.46. The van der Waals surface area contributed by atoms with E-state index < -0.39 is 0 Å². The number of nitrogens with zero attached hydrogens (tertiary/aromatic N) is 4. The molecule has 3 aromatic rings. The van der Waals surface area contributed by atoms with Crippen molar-refractivity contribution in [3.8, 4) is 0 Å². The number of benzene rings is 1. The van der Waals surface area contributed by atoms with Crippen LogP contribution in [0.5, 0.6) is 0 Å². The van der Waals surface area contributed by atoms with E-state index in [1.165, 1.54) is 0 Å². The summed E-state index contributed by atoms with van der Waals surface area (Å²) in [7, 11) is 2.05. The predicted molar refractivity (Wildman–Crippen MR) is 80.7 cm³/mol. The molecule has 104 valence electrons. The van der Waals surface area contributed by atoms with Gasteiger partial charge >= 0.3 is 0 Å². The number of hydrogen-bond donors (Lipinski definition) is 1. The summed E-state index contributed by atoms with van der Waals surface area (Å²) < 4.78 is 4.06. The van der Waals surface area contributed by atoms with Crippen LogP contribution in [-0.2, 0) is 13.6 Å². The summed E-state index contributed by atoms with van der Waals surface area (Å²) in [6, 6.07) is 8.55. The van der Waals surface area contributed by atoms with Crippen LogP contribution in [0.25, 0.3) is 11.0 Å². The molecule has 0 unspecified atom stereocenters. The van der Waals surface area contributed by atoms with E-state index in [0.717, 1.165) is 22.5 Å². The molecule has 0 aliphatic heterocycles. The summed E-state index contributed by atoms with van der Waals surface area (Å²) >= 11 is 0. The Kier molecular flexibility index (Phi) is 3.18. The van der Waals surface area contributed by atoms with E-state index in [9.17, 15) is 0 Å². The first kappa shape index (κ1) is 12.7. The van der Waals surface area contributed by atoms with Crippen LogP contribution in [0.1, 0.15) is 25.7 Å². The number of anilines is 1. The van der Waals surface area contributed by atoms with Gasteiger partial charge in [-0.05, 0) is 26.0 Å². The van der Waals surface area contributed by atoms with Gasteiger partial charge in [-0.2, -0.15) is 5.10 Å². The number of para-hydroxylation sites is 2. The zero-order valence-electron chi connectivity index (χ0n) is 12.0. The Morgan fingerprint density at radius 2 is 2.05 bits per heavy atom. The number of hydrogen-bond acceptors (Lipinski definition) is 3. The smallest absolute Gasteiger partial charge is 0.128 e. The van der Waals surface area contributed by atoms with E-state index >= 15 is 0 Å². The lowest BCUT2D eigenvalue weighted by molar-refractivity contribution is 0.532. The molecule has 0 saturated carbocycles. The average Bonchev–Trinajstić information content (AvgIpc) is 3.03. The molecule has 3 rings (SSSR count). The molecule has 0 saturated heterocycles. The number of rotatable bonds is 4. The molecule has 0 bridgehead atoms. The Labute approximate surface area is 118 Å². The van der Waals surface area contributed by atoms with Crippen LogP contribution in [0.4, 0.5) is 5.69 Å². The first-order valence-corrected chi connectivity index (χ1v) is 6.83. The van der Waals surface area contributed by atoms with Crippen molar-refractivity contribution in [3.63, 3.8) is 0 Å². The number of nitrogens with one attached hydrogen (secondary N) is 1. The molecule has 0 aliphatic rings. The molecule has 2 aromatic heterocycles. The molecule has 20 heavy (non-hydrogen) atoms. The first-order chi connectivity index (χ1) is 9.65. The van der Waals surface area contributed by atoms with Gasteiger partial charge in [0.1, 0.15) is 5.82 Å². The van der Waals surface area contributed by atoms with Gasteiger partial charge in [-0.15, -0.1) is 0 Å². The standard InChI is InChI=1S/C15H19N5/c1-11(2)20-10-12(8-17-20)16-9-15-18-13-6-4-5-7-14(13)19(15)3/h4-8,10-11,16H,9H2,1-3H3. The van der Waals surface area contributed by atoms with E-state index in [4.69, 9.17) is 0 Å². The highest BCUT2D eigenvalue weighted by molar-refractivity contribution is 5.75. The zero-order chi connectivity index (χ0) is 14.1. The van der Waals surface area contributed by atoms with Crippen molar-refractivity contribution < 1.29 is 0 Å². The molecule has 5 nitrogen and oxygen atoms in total. The predicted octanol–water partition coefficient (Wildman–Crippen LogP) is 2.96. The van der Waals surface area contributed by atoms with E-state index in [0.29, 0.717) is 12.6 Å². The Morgan fingerprint density at radius 3 is 2.75 bits per heavy atom. The fraction of sp³-hybridized carbons (Fsp3) is 0.333. The molecule has 1 N–H and O–H groups in total. The second-order valence-corrected chi connectivity index (χ2v) is 5.23. The summed E-state index contributed by atoms with van der Waals surface area (Å²) in [5.74, 6) is 1.02. The maximum Gasteiger partial charge on any atom is 0.128 e. The fourth-order valence-electron chi connectivity index (χ4n) is 2.25. The Hall–Kier alpha value is -2.30. The van der Waals surface area contributed by atoms with Crippen LogP contribution in [0.3, 0.4) is 0 Å². The lowest BCUT2D eigenvalue weighted by atomic mass is 10.3. The van der Waals surface area contributed by atoms with Crippen LogP contribution >= 0.6 is 0 Å². The van der Waals surface area contributed by atoms with Crippen molar-refractivity contribution >= 4 is 16.7 Å².